The Morgan fingerprint density at radius 1 is 1.36 bits per heavy atom. The number of carboxylic acid groups (broad SMARTS) is 1. The summed E-state index contributed by atoms with van der Waals surface area (Å²) in [6.07, 6.45) is 8.00. The first kappa shape index (κ1) is 13.2. The fourth-order valence-corrected chi connectivity index (χ4v) is 1.15. The van der Waals surface area contributed by atoms with Crippen molar-refractivity contribution in [1.29, 1.82) is 0 Å². The fourth-order valence-electron chi connectivity index (χ4n) is 1.15. The van der Waals surface area contributed by atoms with Crippen molar-refractivity contribution in [2.75, 3.05) is 0 Å². The van der Waals surface area contributed by atoms with Crippen LogP contribution in [0.4, 0.5) is 0 Å². The number of allylic oxidation sites excluding steroid dienone is 2. The molecule has 0 aliphatic rings. The van der Waals surface area contributed by atoms with Gasteiger partial charge in [-0.2, -0.15) is 0 Å². The summed E-state index contributed by atoms with van der Waals surface area (Å²) >= 11 is 0. The summed E-state index contributed by atoms with van der Waals surface area (Å²) in [7, 11) is 0. The van der Waals surface area contributed by atoms with Gasteiger partial charge in [0.05, 0.1) is 12.5 Å². The first-order valence-electron chi connectivity index (χ1n) is 5.21. The Morgan fingerprint density at radius 2 is 2.00 bits per heavy atom. The summed E-state index contributed by atoms with van der Waals surface area (Å²) in [4.78, 5) is 10.2. The molecule has 3 heteroatoms. The van der Waals surface area contributed by atoms with Crippen LogP contribution < -0.4 is 0 Å². The maximum atomic E-state index is 10.2. The number of hydrogen-bond acceptors (Lipinski definition) is 2. The average molecular weight is 200 g/mol. The molecule has 0 saturated heterocycles. The van der Waals surface area contributed by atoms with Gasteiger partial charge < -0.3 is 10.2 Å². The molecule has 1 atom stereocenters. The highest BCUT2D eigenvalue weighted by molar-refractivity contribution is 5.67. The first-order chi connectivity index (χ1) is 6.66. The molecule has 0 amide bonds. The summed E-state index contributed by atoms with van der Waals surface area (Å²) < 4.78 is 0. The van der Waals surface area contributed by atoms with Crippen LogP contribution in [0.5, 0.6) is 0 Å². The Balaban J connectivity index is 3.34. The lowest BCUT2D eigenvalue weighted by molar-refractivity contribution is -0.139. The molecule has 14 heavy (non-hydrogen) atoms. The zero-order chi connectivity index (χ0) is 10.8. The minimum Gasteiger partial charge on any atom is -0.481 e. The molecule has 0 aliphatic carbocycles. The lowest BCUT2D eigenvalue weighted by atomic mass is 10.1. The lowest BCUT2D eigenvalue weighted by Crippen LogP contribution is -2.12. The van der Waals surface area contributed by atoms with E-state index in [2.05, 4.69) is 13.0 Å². The van der Waals surface area contributed by atoms with Gasteiger partial charge in [0, 0.05) is 0 Å². The van der Waals surface area contributed by atoms with Crippen molar-refractivity contribution in [2.45, 2.75) is 51.6 Å². The van der Waals surface area contributed by atoms with Gasteiger partial charge in [-0.3, -0.25) is 4.79 Å². The SMILES string of the molecule is CCCCC=CCCC(O)CC(=O)O. The molecule has 0 aromatic rings. The van der Waals surface area contributed by atoms with Gasteiger partial charge in [-0.25, -0.2) is 0 Å². The van der Waals surface area contributed by atoms with Gasteiger partial charge in [0.2, 0.25) is 0 Å². The molecule has 0 heterocycles. The van der Waals surface area contributed by atoms with Crippen LogP contribution in [0.25, 0.3) is 0 Å². The highest BCUT2D eigenvalue weighted by atomic mass is 16.4. The number of aliphatic hydroxyl groups excluding tert-OH is 1. The lowest BCUT2D eigenvalue weighted by Gasteiger charge is -2.04. The van der Waals surface area contributed by atoms with Crippen LogP contribution in [0.1, 0.15) is 45.4 Å². The molecule has 0 saturated carbocycles. The van der Waals surface area contributed by atoms with Gasteiger partial charge in [0.25, 0.3) is 0 Å². The number of aliphatic hydroxyl groups is 1. The Morgan fingerprint density at radius 3 is 2.57 bits per heavy atom. The van der Waals surface area contributed by atoms with Crippen LogP contribution in [-0.4, -0.2) is 22.3 Å². The molecule has 82 valence electrons. The molecule has 0 aliphatic heterocycles. The fraction of sp³-hybridized carbons (Fsp3) is 0.727. The van der Waals surface area contributed by atoms with Crippen LogP contribution in [-0.2, 0) is 4.79 Å². The smallest absolute Gasteiger partial charge is 0.305 e. The number of carbonyl (C=O) groups is 1. The largest absolute Gasteiger partial charge is 0.481 e. The highest BCUT2D eigenvalue weighted by Gasteiger charge is 2.07. The second kappa shape index (κ2) is 8.75. The van der Waals surface area contributed by atoms with Gasteiger partial charge in [-0.05, 0) is 19.3 Å². The molecule has 3 nitrogen and oxygen atoms in total. The van der Waals surface area contributed by atoms with Crippen molar-refractivity contribution >= 4 is 5.97 Å². The van der Waals surface area contributed by atoms with Crippen molar-refractivity contribution < 1.29 is 15.0 Å². The minimum atomic E-state index is -0.938. The van der Waals surface area contributed by atoms with Gasteiger partial charge >= 0.3 is 5.97 Å². The maximum Gasteiger partial charge on any atom is 0.305 e. The van der Waals surface area contributed by atoms with Crippen molar-refractivity contribution in [1.82, 2.24) is 0 Å². The molecular formula is C11H20O3. The Hall–Kier alpha value is -0.830. The van der Waals surface area contributed by atoms with Crippen molar-refractivity contribution in [3.8, 4) is 0 Å². The maximum absolute atomic E-state index is 10.2. The van der Waals surface area contributed by atoms with Gasteiger partial charge in [0.1, 0.15) is 0 Å². The summed E-state index contributed by atoms with van der Waals surface area (Å²) in [5, 5.41) is 17.6. The Labute approximate surface area is 85.4 Å². The summed E-state index contributed by atoms with van der Waals surface area (Å²) in [5.41, 5.74) is 0. The van der Waals surface area contributed by atoms with E-state index < -0.39 is 12.1 Å². The molecule has 0 rings (SSSR count). The number of unbranched alkanes of at least 4 members (excludes halogenated alkanes) is 2. The third kappa shape index (κ3) is 9.26. The summed E-state index contributed by atoms with van der Waals surface area (Å²) in [6, 6.07) is 0. The third-order valence-corrected chi connectivity index (χ3v) is 1.97. The van der Waals surface area contributed by atoms with E-state index in [1.165, 1.54) is 12.8 Å². The van der Waals surface area contributed by atoms with Gasteiger partial charge in [-0.1, -0.05) is 31.9 Å². The molecule has 0 fully saturated rings. The minimum absolute atomic E-state index is 0.150. The Kier molecular flexibility index (Phi) is 8.24. The van der Waals surface area contributed by atoms with Crippen molar-refractivity contribution in [3.63, 3.8) is 0 Å². The predicted molar refractivity (Wildman–Crippen MR) is 56.2 cm³/mol. The molecule has 0 aromatic heterocycles. The average Bonchev–Trinajstić information content (AvgIpc) is 2.10. The summed E-state index contributed by atoms with van der Waals surface area (Å²) in [5.74, 6) is -0.938. The standard InChI is InChI=1S/C11H20O3/c1-2-3-4-5-6-7-8-10(12)9-11(13)14/h5-6,10,12H,2-4,7-9H2,1H3,(H,13,14). The van der Waals surface area contributed by atoms with E-state index in [0.29, 0.717) is 6.42 Å². The van der Waals surface area contributed by atoms with E-state index >= 15 is 0 Å². The number of aliphatic carboxylic acids is 1. The molecule has 0 aromatic carbocycles. The molecule has 0 spiro atoms. The van der Waals surface area contributed by atoms with Crippen LogP contribution >= 0.6 is 0 Å². The van der Waals surface area contributed by atoms with Crippen molar-refractivity contribution in [3.05, 3.63) is 12.2 Å². The topological polar surface area (TPSA) is 57.5 Å². The predicted octanol–water partition coefficient (Wildman–Crippen LogP) is 2.35. The quantitative estimate of drug-likeness (QED) is 0.467. The zero-order valence-corrected chi connectivity index (χ0v) is 8.78. The molecule has 0 bridgehead atoms. The number of carboxylic acids is 1. The van der Waals surface area contributed by atoms with Gasteiger partial charge in [-0.15, -0.1) is 0 Å². The second-order valence-electron chi connectivity index (χ2n) is 3.44. The molecular weight excluding hydrogens is 180 g/mol. The van der Waals surface area contributed by atoms with Crippen LogP contribution in [0.2, 0.25) is 0 Å². The molecule has 2 N–H and O–H groups in total. The van der Waals surface area contributed by atoms with E-state index in [-0.39, 0.29) is 6.42 Å². The highest BCUT2D eigenvalue weighted by Crippen LogP contribution is 2.03. The summed E-state index contributed by atoms with van der Waals surface area (Å²) in [6.45, 7) is 2.14. The zero-order valence-electron chi connectivity index (χ0n) is 8.78. The number of rotatable bonds is 8. The van der Waals surface area contributed by atoms with E-state index in [1.807, 2.05) is 6.08 Å². The van der Waals surface area contributed by atoms with Crippen LogP contribution in [0, 0.1) is 0 Å². The normalized spacial score (nSPS) is 13.3. The van der Waals surface area contributed by atoms with E-state index in [0.717, 1.165) is 12.8 Å². The van der Waals surface area contributed by atoms with E-state index in [1.54, 1.807) is 0 Å². The third-order valence-electron chi connectivity index (χ3n) is 1.97. The van der Waals surface area contributed by atoms with E-state index in [9.17, 15) is 9.90 Å². The number of hydrogen-bond donors (Lipinski definition) is 2. The van der Waals surface area contributed by atoms with E-state index in [4.69, 9.17) is 5.11 Å². The molecule has 0 radical (unpaired) electrons. The second-order valence-corrected chi connectivity index (χ2v) is 3.44. The monoisotopic (exact) mass is 200 g/mol. The Bertz CT molecular complexity index is 175. The van der Waals surface area contributed by atoms with Crippen LogP contribution in [0.15, 0.2) is 12.2 Å². The first-order valence-corrected chi connectivity index (χ1v) is 5.21. The van der Waals surface area contributed by atoms with Crippen molar-refractivity contribution in [2.24, 2.45) is 0 Å². The van der Waals surface area contributed by atoms with Crippen LogP contribution in [0.3, 0.4) is 0 Å². The van der Waals surface area contributed by atoms with Gasteiger partial charge in [0.15, 0.2) is 0 Å². The molecule has 1 unspecified atom stereocenters.